The maximum Gasteiger partial charge on any atom is 0.251 e. The zero-order valence-corrected chi connectivity index (χ0v) is 14.8. The molecule has 3 aromatic rings. The average Bonchev–Trinajstić information content (AvgIpc) is 2.69. The van der Waals surface area contributed by atoms with Crippen molar-refractivity contribution in [3.63, 3.8) is 0 Å². The summed E-state index contributed by atoms with van der Waals surface area (Å²) in [6.45, 7) is 3.09. The molecule has 0 aliphatic carbocycles. The molecule has 0 atom stereocenters. The molecule has 2 aromatic carbocycles. The van der Waals surface area contributed by atoms with Crippen molar-refractivity contribution in [1.82, 2.24) is 10.3 Å². The Morgan fingerprint density at radius 3 is 2.92 bits per heavy atom. The number of allylic oxidation sites excluding steroid dienone is 1. The third-order valence-electron chi connectivity index (χ3n) is 3.97. The Kier molecular flexibility index (Phi) is 5.99. The number of hydrogen-bond donors (Lipinski definition) is 1. The van der Waals surface area contributed by atoms with E-state index >= 15 is 0 Å². The predicted octanol–water partition coefficient (Wildman–Crippen LogP) is 4.51. The molecule has 4 heteroatoms. The van der Waals surface area contributed by atoms with Crippen LogP contribution in [-0.2, 0) is 6.54 Å². The molecular formula is C22H22N2O2. The van der Waals surface area contributed by atoms with Gasteiger partial charge in [0.2, 0.25) is 0 Å². The van der Waals surface area contributed by atoms with Crippen LogP contribution in [0.3, 0.4) is 0 Å². The van der Waals surface area contributed by atoms with E-state index in [1.54, 1.807) is 12.3 Å². The molecule has 0 fully saturated rings. The minimum absolute atomic E-state index is 0.104. The molecule has 132 valence electrons. The second kappa shape index (κ2) is 8.81. The summed E-state index contributed by atoms with van der Waals surface area (Å²) in [5, 5.41) is 3.91. The molecule has 0 radical (unpaired) electrons. The number of amides is 1. The van der Waals surface area contributed by atoms with Gasteiger partial charge in [0.15, 0.2) is 0 Å². The van der Waals surface area contributed by atoms with Crippen LogP contribution in [-0.4, -0.2) is 17.5 Å². The van der Waals surface area contributed by atoms with E-state index < -0.39 is 0 Å². The first-order chi connectivity index (χ1) is 12.8. The molecular weight excluding hydrogens is 324 g/mol. The molecule has 26 heavy (non-hydrogen) atoms. The normalized spacial score (nSPS) is 11.0. The molecule has 0 bridgehead atoms. The molecule has 0 spiro atoms. The summed E-state index contributed by atoms with van der Waals surface area (Å²) in [5.74, 6) is 0.697. The van der Waals surface area contributed by atoms with Gasteiger partial charge in [-0.3, -0.25) is 9.78 Å². The van der Waals surface area contributed by atoms with Crippen molar-refractivity contribution < 1.29 is 9.53 Å². The van der Waals surface area contributed by atoms with Gasteiger partial charge in [0.1, 0.15) is 12.4 Å². The fourth-order valence-electron chi connectivity index (χ4n) is 2.63. The zero-order valence-electron chi connectivity index (χ0n) is 14.8. The van der Waals surface area contributed by atoms with E-state index in [1.807, 2.05) is 54.6 Å². The third kappa shape index (κ3) is 4.70. The number of pyridine rings is 1. The van der Waals surface area contributed by atoms with Gasteiger partial charge in [-0.2, -0.15) is 0 Å². The smallest absolute Gasteiger partial charge is 0.251 e. The van der Waals surface area contributed by atoms with E-state index in [4.69, 9.17) is 4.74 Å². The summed E-state index contributed by atoms with van der Waals surface area (Å²) in [4.78, 5) is 16.7. The third-order valence-corrected chi connectivity index (χ3v) is 3.97. The van der Waals surface area contributed by atoms with E-state index in [9.17, 15) is 4.79 Å². The van der Waals surface area contributed by atoms with Crippen LogP contribution >= 0.6 is 0 Å². The molecule has 1 aromatic heterocycles. The maximum atomic E-state index is 12.4. The Morgan fingerprint density at radius 1 is 1.12 bits per heavy atom. The van der Waals surface area contributed by atoms with Crippen molar-refractivity contribution in [3.8, 4) is 5.75 Å². The standard InChI is InChI=1S/C22H22N2O2/c1-2-3-4-13-26-20-9-5-7-17(14-20)16-24-22(25)19-10-11-21-18(15-19)8-6-12-23-21/h3-12,14-15H,2,13,16H2,1H3,(H,24,25)/b4-3-. The number of benzene rings is 2. The van der Waals surface area contributed by atoms with Crippen molar-refractivity contribution in [2.75, 3.05) is 6.61 Å². The average molecular weight is 346 g/mol. The number of nitrogens with zero attached hydrogens (tertiary/aromatic N) is 1. The second-order valence-electron chi connectivity index (χ2n) is 5.93. The van der Waals surface area contributed by atoms with Crippen LogP contribution in [0.5, 0.6) is 5.75 Å². The van der Waals surface area contributed by atoms with Crippen molar-refractivity contribution >= 4 is 16.8 Å². The summed E-state index contributed by atoms with van der Waals surface area (Å²) in [5.41, 5.74) is 2.51. The Balaban J connectivity index is 1.60. The number of hydrogen-bond acceptors (Lipinski definition) is 3. The Morgan fingerprint density at radius 2 is 2.04 bits per heavy atom. The number of nitrogens with one attached hydrogen (secondary N) is 1. The van der Waals surface area contributed by atoms with Gasteiger partial charge in [-0.1, -0.05) is 37.3 Å². The number of fused-ring (bicyclic) bond motifs is 1. The Hall–Kier alpha value is -3.14. The van der Waals surface area contributed by atoms with Crippen molar-refractivity contribution in [2.45, 2.75) is 19.9 Å². The highest BCUT2D eigenvalue weighted by Gasteiger charge is 2.07. The maximum absolute atomic E-state index is 12.4. The summed E-state index contributed by atoms with van der Waals surface area (Å²) in [6.07, 6.45) is 6.82. The highest BCUT2D eigenvalue weighted by molar-refractivity contribution is 5.97. The fourth-order valence-corrected chi connectivity index (χ4v) is 2.63. The van der Waals surface area contributed by atoms with Crippen LogP contribution < -0.4 is 10.1 Å². The van der Waals surface area contributed by atoms with Crippen LogP contribution in [0.2, 0.25) is 0 Å². The number of carbonyl (C=O) groups is 1. The van der Waals surface area contributed by atoms with E-state index in [0.717, 1.165) is 28.6 Å². The highest BCUT2D eigenvalue weighted by atomic mass is 16.5. The fraction of sp³-hybridized carbons (Fsp3) is 0.182. The molecule has 4 nitrogen and oxygen atoms in total. The lowest BCUT2D eigenvalue weighted by atomic mass is 10.1. The van der Waals surface area contributed by atoms with E-state index in [-0.39, 0.29) is 5.91 Å². The van der Waals surface area contributed by atoms with Crippen LogP contribution in [0, 0.1) is 0 Å². The van der Waals surface area contributed by atoms with E-state index in [2.05, 4.69) is 23.3 Å². The lowest BCUT2D eigenvalue weighted by Gasteiger charge is -2.08. The Bertz CT molecular complexity index is 919. The van der Waals surface area contributed by atoms with Crippen LogP contribution in [0.4, 0.5) is 0 Å². The molecule has 0 saturated carbocycles. The monoisotopic (exact) mass is 346 g/mol. The molecule has 3 rings (SSSR count). The lowest BCUT2D eigenvalue weighted by molar-refractivity contribution is 0.0951. The number of ether oxygens (including phenoxy) is 1. The van der Waals surface area contributed by atoms with Gasteiger partial charge in [0.05, 0.1) is 5.52 Å². The number of carbonyl (C=O) groups excluding carboxylic acids is 1. The molecule has 0 aliphatic heterocycles. The van der Waals surface area contributed by atoms with Crippen LogP contribution in [0.15, 0.2) is 72.9 Å². The molecule has 0 aliphatic rings. The molecule has 1 amide bonds. The van der Waals surface area contributed by atoms with Gasteiger partial charge in [0, 0.05) is 23.7 Å². The van der Waals surface area contributed by atoms with Crippen LogP contribution in [0.1, 0.15) is 29.3 Å². The van der Waals surface area contributed by atoms with E-state index in [1.165, 1.54) is 0 Å². The SMILES string of the molecule is CC/C=C\COc1cccc(CNC(=O)c2ccc3ncccc3c2)c1. The quantitative estimate of drug-likeness (QED) is 0.640. The van der Waals surface area contributed by atoms with Crippen LogP contribution in [0.25, 0.3) is 10.9 Å². The topological polar surface area (TPSA) is 51.2 Å². The molecule has 0 unspecified atom stereocenters. The first-order valence-corrected chi connectivity index (χ1v) is 8.76. The largest absolute Gasteiger partial charge is 0.490 e. The van der Waals surface area contributed by atoms with Crippen molar-refractivity contribution in [3.05, 3.63) is 84.1 Å². The number of rotatable bonds is 7. The van der Waals surface area contributed by atoms with E-state index in [0.29, 0.717) is 18.7 Å². The summed E-state index contributed by atoms with van der Waals surface area (Å²) < 4.78 is 5.68. The highest BCUT2D eigenvalue weighted by Crippen LogP contribution is 2.15. The Labute approximate surface area is 153 Å². The zero-order chi connectivity index (χ0) is 18.2. The molecule has 0 saturated heterocycles. The van der Waals surface area contributed by atoms with Crippen molar-refractivity contribution in [1.29, 1.82) is 0 Å². The lowest BCUT2D eigenvalue weighted by Crippen LogP contribution is -2.22. The molecule has 1 N–H and O–H groups in total. The molecule has 1 heterocycles. The first kappa shape index (κ1) is 17.7. The predicted molar refractivity (Wildman–Crippen MR) is 104 cm³/mol. The van der Waals surface area contributed by atoms with Gasteiger partial charge in [-0.15, -0.1) is 0 Å². The van der Waals surface area contributed by atoms with Gasteiger partial charge in [-0.25, -0.2) is 0 Å². The number of aromatic nitrogens is 1. The van der Waals surface area contributed by atoms with Crippen molar-refractivity contribution in [2.24, 2.45) is 0 Å². The van der Waals surface area contributed by atoms with Gasteiger partial charge in [-0.05, 0) is 48.4 Å². The summed E-state index contributed by atoms with van der Waals surface area (Å²) >= 11 is 0. The minimum atomic E-state index is -0.104. The first-order valence-electron chi connectivity index (χ1n) is 8.76. The van der Waals surface area contributed by atoms with Gasteiger partial charge < -0.3 is 10.1 Å². The minimum Gasteiger partial charge on any atom is -0.490 e. The summed E-state index contributed by atoms with van der Waals surface area (Å²) in [7, 11) is 0. The second-order valence-corrected chi connectivity index (χ2v) is 5.93. The van der Waals surface area contributed by atoms with Gasteiger partial charge in [0.25, 0.3) is 5.91 Å². The summed E-state index contributed by atoms with van der Waals surface area (Å²) in [6, 6.07) is 17.1. The van der Waals surface area contributed by atoms with Gasteiger partial charge >= 0.3 is 0 Å².